The molecule has 2 rings (SSSR count). The molecule has 0 aromatic heterocycles. The molecule has 0 spiro atoms. The third kappa shape index (κ3) is 3.46. The summed E-state index contributed by atoms with van der Waals surface area (Å²) in [4.78, 5) is 0. The molecule has 1 aromatic carbocycles. The summed E-state index contributed by atoms with van der Waals surface area (Å²) in [6.07, 6.45) is 1.67. The Bertz CT molecular complexity index is 522. The van der Waals surface area contributed by atoms with Gasteiger partial charge in [0.25, 0.3) is 0 Å². The molecule has 2 N–H and O–H groups in total. The topological polar surface area (TPSA) is 72.6 Å². The first-order chi connectivity index (χ1) is 9.03. The van der Waals surface area contributed by atoms with Gasteiger partial charge in [0.05, 0.1) is 11.9 Å². The fraction of sp³-hybridized carbons (Fsp3) is 0.538. The second-order valence-corrected chi connectivity index (χ2v) is 6.76. The van der Waals surface area contributed by atoms with E-state index in [1.165, 1.54) is 4.31 Å². The van der Waals surface area contributed by atoms with E-state index in [9.17, 15) is 8.42 Å². The zero-order valence-electron chi connectivity index (χ0n) is 11.1. The zero-order chi connectivity index (χ0) is 13.9. The second kappa shape index (κ2) is 5.90. The van der Waals surface area contributed by atoms with Crippen molar-refractivity contribution in [3.63, 3.8) is 0 Å². The minimum atomic E-state index is -3.29. The molecule has 1 aromatic rings. The van der Waals surface area contributed by atoms with Crippen molar-refractivity contribution < 1.29 is 13.2 Å². The predicted octanol–water partition coefficient (Wildman–Crippen LogP) is 1.21. The Balaban J connectivity index is 2.05. The molecule has 106 valence electrons. The molecule has 0 radical (unpaired) electrons. The molecule has 0 atom stereocenters. The molecule has 1 saturated heterocycles. The number of hydrogen-bond acceptors (Lipinski definition) is 4. The molecule has 1 heterocycles. The van der Waals surface area contributed by atoms with Crippen LogP contribution < -0.4 is 5.73 Å². The summed E-state index contributed by atoms with van der Waals surface area (Å²) in [5.74, 6) is -0.0304. The van der Waals surface area contributed by atoms with E-state index in [4.69, 9.17) is 10.5 Å². The van der Waals surface area contributed by atoms with Gasteiger partial charge >= 0.3 is 0 Å². The maximum absolute atomic E-state index is 12.3. The fourth-order valence-corrected chi connectivity index (χ4v) is 3.91. The van der Waals surface area contributed by atoms with Gasteiger partial charge in [-0.25, -0.2) is 12.7 Å². The van der Waals surface area contributed by atoms with E-state index < -0.39 is 10.0 Å². The van der Waals surface area contributed by atoms with E-state index in [1.54, 1.807) is 31.4 Å². The number of benzene rings is 1. The van der Waals surface area contributed by atoms with Crippen LogP contribution in [0.25, 0.3) is 0 Å². The Morgan fingerprint density at radius 3 is 2.53 bits per heavy atom. The van der Waals surface area contributed by atoms with E-state index in [2.05, 4.69) is 0 Å². The average molecular weight is 284 g/mol. The summed E-state index contributed by atoms with van der Waals surface area (Å²) < 4.78 is 31.4. The highest BCUT2D eigenvalue weighted by atomic mass is 32.2. The van der Waals surface area contributed by atoms with Crippen molar-refractivity contribution in [3.05, 3.63) is 29.8 Å². The SMILES string of the molecule is COC1CCN(S(=O)(=O)Cc2ccccc2N)CC1. The Hall–Kier alpha value is -1.11. The first kappa shape index (κ1) is 14.3. The summed E-state index contributed by atoms with van der Waals surface area (Å²) in [6, 6.07) is 7.09. The lowest BCUT2D eigenvalue weighted by atomic mass is 10.1. The highest BCUT2D eigenvalue weighted by Crippen LogP contribution is 2.21. The number of nitrogens with zero attached hydrogens (tertiary/aromatic N) is 1. The Labute approximate surface area is 114 Å². The number of nitrogens with two attached hydrogens (primary N) is 1. The van der Waals surface area contributed by atoms with E-state index in [1.807, 2.05) is 0 Å². The molecular weight excluding hydrogens is 264 g/mol. The lowest BCUT2D eigenvalue weighted by Crippen LogP contribution is -2.41. The van der Waals surface area contributed by atoms with Crippen molar-refractivity contribution in [2.24, 2.45) is 0 Å². The van der Waals surface area contributed by atoms with Crippen molar-refractivity contribution in [2.45, 2.75) is 24.7 Å². The lowest BCUT2D eigenvalue weighted by molar-refractivity contribution is 0.0604. The number of ether oxygens (including phenoxy) is 1. The van der Waals surface area contributed by atoms with Crippen LogP contribution >= 0.6 is 0 Å². The van der Waals surface area contributed by atoms with Gasteiger partial charge in [0.15, 0.2) is 0 Å². The van der Waals surface area contributed by atoms with Gasteiger partial charge in [0.2, 0.25) is 10.0 Å². The van der Waals surface area contributed by atoms with Crippen LogP contribution in [0.4, 0.5) is 5.69 Å². The van der Waals surface area contributed by atoms with Gasteiger partial charge in [0.1, 0.15) is 0 Å². The zero-order valence-corrected chi connectivity index (χ0v) is 11.9. The van der Waals surface area contributed by atoms with Crippen LogP contribution in [-0.4, -0.2) is 39.0 Å². The summed E-state index contributed by atoms with van der Waals surface area (Å²) in [5, 5.41) is 0. The van der Waals surface area contributed by atoms with Gasteiger partial charge < -0.3 is 10.5 Å². The van der Waals surface area contributed by atoms with Gasteiger partial charge in [-0.3, -0.25) is 0 Å². The van der Waals surface area contributed by atoms with Crippen LogP contribution in [0.2, 0.25) is 0 Å². The molecule has 1 fully saturated rings. The average Bonchev–Trinajstić information content (AvgIpc) is 2.41. The summed E-state index contributed by atoms with van der Waals surface area (Å²) >= 11 is 0. The minimum Gasteiger partial charge on any atom is -0.398 e. The monoisotopic (exact) mass is 284 g/mol. The van der Waals surface area contributed by atoms with Crippen LogP contribution in [0, 0.1) is 0 Å². The Morgan fingerprint density at radius 1 is 1.32 bits per heavy atom. The van der Waals surface area contributed by atoms with Crippen LogP contribution in [0.3, 0.4) is 0 Å². The number of para-hydroxylation sites is 1. The number of rotatable bonds is 4. The van der Waals surface area contributed by atoms with Crippen molar-refractivity contribution >= 4 is 15.7 Å². The van der Waals surface area contributed by atoms with Crippen LogP contribution in [0.15, 0.2) is 24.3 Å². The number of hydrogen-bond donors (Lipinski definition) is 1. The summed E-state index contributed by atoms with van der Waals surface area (Å²) in [6.45, 7) is 1.04. The molecule has 0 unspecified atom stereocenters. The van der Waals surface area contributed by atoms with E-state index in [0.29, 0.717) is 24.3 Å². The van der Waals surface area contributed by atoms with E-state index in [-0.39, 0.29) is 11.9 Å². The number of nitrogen functional groups attached to an aromatic ring is 1. The Kier molecular flexibility index (Phi) is 4.44. The first-order valence-electron chi connectivity index (χ1n) is 6.37. The first-order valence-corrected chi connectivity index (χ1v) is 7.98. The van der Waals surface area contributed by atoms with Gasteiger partial charge in [-0.05, 0) is 24.5 Å². The number of anilines is 1. The Morgan fingerprint density at radius 2 is 1.95 bits per heavy atom. The van der Waals surface area contributed by atoms with Crippen LogP contribution in [-0.2, 0) is 20.5 Å². The minimum absolute atomic E-state index is 0.0304. The largest absolute Gasteiger partial charge is 0.398 e. The normalized spacial score (nSPS) is 18.6. The molecule has 1 aliphatic rings. The maximum Gasteiger partial charge on any atom is 0.218 e. The van der Waals surface area contributed by atoms with Crippen LogP contribution in [0.5, 0.6) is 0 Å². The highest BCUT2D eigenvalue weighted by molar-refractivity contribution is 7.88. The molecule has 0 aliphatic carbocycles. The molecule has 19 heavy (non-hydrogen) atoms. The smallest absolute Gasteiger partial charge is 0.218 e. The van der Waals surface area contributed by atoms with E-state index in [0.717, 1.165) is 12.8 Å². The lowest BCUT2D eigenvalue weighted by Gasteiger charge is -2.30. The fourth-order valence-electron chi connectivity index (χ4n) is 2.30. The van der Waals surface area contributed by atoms with E-state index >= 15 is 0 Å². The molecule has 0 bridgehead atoms. The second-order valence-electron chi connectivity index (χ2n) is 4.79. The molecule has 6 heteroatoms. The molecule has 5 nitrogen and oxygen atoms in total. The van der Waals surface area contributed by atoms with Crippen molar-refractivity contribution in [1.82, 2.24) is 4.31 Å². The predicted molar refractivity (Wildman–Crippen MR) is 75.1 cm³/mol. The van der Waals surface area contributed by atoms with Gasteiger partial charge in [-0.1, -0.05) is 18.2 Å². The number of methoxy groups -OCH3 is 1. The van der Waals surface area contributed by atoms with Crippen molar-refractivity contribution in [2.75, 3.05) is 25.9 Å². The van der Waals surface area contributed by atoms with Gasteiger partial charge in [0, 0.05) is 25.9 Å². The number of piperidine rings is 1. The summed E-state index contributed by atoms with van der Waals surface area (Å²) in [7, 11) is -1.63. The van der Waals surface area contributed by atoms with Crippen molar-refractivity contribution in [1.29, 1.82) is 0 Å². The quantitative estimate of drug-likeness (QED) is 0.844. The molecule has 0 amide bonds. The van der Waals surface area contributed by atoms with Crippen LogP contribution in [0.1, 0.15) is 18.4 Å². The maximum atomic E-state index is 12.3. The van der Waals surface area contributed by atoms with Crippen molar-refractivity contribution in [3.8, 4) is 0 Å². The standard InChI is InChI=1S/C13H20N2O3S/c1-18-12-6-8-15(9-7-12)19(16,17)10-11-4-2-3-5-13(11)14/h2-5,12H,6-10,14H2,1H3. The molecule has 0 saturated carbocycles. The molecule has 1 aliphatic heterocycles. The number of sulfonamides is 1. The third-order valence-electron chi connectivity index (χ3n) is 3.52. The highest BCUT2D eigenvalue weighted by Gasteiger charge is 2.28. The van der Waals surface area contributed by atoms with Gasteiger partial charge in [-0.15, -0.1) is 0 Å². The summed E-state index contributed by atoms with van der Waals surface area (Å²) in [5.41, 5.74) is 6.99. The third-order valence-corrected chi connectivity index (χ3v) is 5.35. The van der Waals surface area contributed by atoms with Gasteiger partial charge in [-0.2, -0.15) is 0 Å². The molecular formula is C13H20N2O3S.